The van der Waals surface area contributed by atoms with Crippen LogP contribution in [0.15, 0.2) is 18.2 Å². The van der Waals surface area contributed by atoms with Gasteiger partial charge >= 0.3 is 5.97 Å². The Morgan fingerprint density at radius 3 is 2.29 bits per heavy atom. The summed E-state index contributed by atoms with van der Waals surface area (Å²) in [6.07, 6.45) is 1.73. The lowest BCUT2D eigenvalue weighted by Crippen LogP contribution is -2.27. The average molecular weight is 314 g/mol. The minimum atomic E-state index is -3.55. The average Bonchev–Trinajstić information content (AvgIpc) is 2.42. The second-order valence-corrected chi connectivity index (χ2v) is 6.57. The Bertz CT molecular complexity index is 655. The highest BCUT2D eigenvalue weighted by molar-refractivity contribution is 7.92. The highest BCUT2D eigenvalue weighted by Gasteiger charge is 2.18. The monoisotopic (exact) mass is 314 g/mol. The maximum Gasteiger partial charge on any atom is 0.335 e. The van der Waals surface area contributed by atoms with Crippen LogP contribution in [0.25, 0.3) is 0 Å². The fourth-order valence-electron chi connectivity index (χ4n) is 1.58. The second kappa shape index (κ2) is 6.57. The first-order chi connectivity index (χ1) is 9.66. The molecule has 0 atom stereocenters. The van der Waals surface area contributed by atoms with Crippen molar-refractivity contribution in [2.45, 2.75) is 13.3 Å². The van der Waals surface area contributed by atoms with Crippen LogP contribution in [0.1, 0.15) is 34.1 Å². The molecule has 0 heterocycles. The number of aromatic carboxylic acids is 1. The minimum absolute atomic E-state index is 0.105. The molecule has 0 spiro atoms. The molecular weight excluding hydrogens is 296 g/mol. The summed E-state index contributed by atoms with van der Waals surface area (Å²) < 4.78 is 24.0. The molecule has 0 saturated carbocycles. The Morgan fingerprint density at radius 1 is 1.24 bits per heavy atom. The molecule has 21 heavy (non-hydrogen) atoms. The molecule has 1 amide bonds. The van der Waals surface area contributed by atoms with E-state index in [0.29, 0.717) is 6.54 Å². The van der Waals surface area contributed by atoms with Crippen molar-refractivity contribution in [2.24, 2.45) is 0 Å². The lowest BCUT2D eigenvalue weighted by Gasteiger charge is -2.18. The zero-order valence-electron chi connectivity index (χ0n) is 12.1. The first kappa shape index (κ1) is 17.0. The van der Waals surface area contributed by atoms with Gasteiger partial charge in [0.1, 0.15) is 0 Å². The summed E-state index contributed by atoms with van der Waals surface area (Å²) in [5.74, 6) is -1.67. The van der Waals surface area contributed by atoms with Crippen LogP contribution < -0.4 is 9.62 Å². The third-order valence-corrected chi connectivity index (χ3v) is 4.03. The van der Waals surface area contributed by atoms with Crippen LogP contribution in [0.3, 0.4) is 0 Å². The van der Waals surface area contributed by atoms with Crippen molar-refractivity contribution < 1.29 is 23.1 Å². The fourth-order valence-corrected chi connectivity index (χ4v) is 2.07. The van der Waals surface area contributed by atoms with Crippen molar-refractivity contribution in [1.82, 2.24) is 5.32 Å². The van der Waals surface area contributed by atoms with Gasteiger partial charge in [0.05, 0.1) is 17.5 Å². The summed E-state index contributed by atoms with van der Waals surface area (Å²) in [6.45, 7) is 2.34. The first-order valence-corrected chi connectivity index (χ1v) is 8.12. The molecule has 1 aromatic carbocycles. The van der Waals surface area contributed by atoms with E-state index >= 15 is 0 Å². The van der Waals surface area contributed by atoms with Gasteiger partial charge < -0.3 is 10.4 Å². The van der Waals surface area contributed by atoms with Crippen molar-refractivity contribution in [1.29, 1.82) is 0 Å². The Kier molecular flexibility index (Phi) is 5.31. The Hall–Kier alpha value is -2.09. The number of carboxylic acid groups (broad SMARTS) is 1. The van der Waals surface area contributed by atoms with Crippen LogP contribution in [0.5, 0.6) is 0 Å². The summed E-state index contributed by atoms with van der Waals surface area (Å²) in [7, 11) is -2.25. The molecule has 0 aliphatic rings. The van der Waals surface area contributed by atoms with Gasteiger partial charge in [0, 0.05) is 19.2 Å². The maximum atomic E-state index is 11.9. The predicted molar refractivity (Wildman–Crippen MR) is 79.3 cm³/mol. The topological polar surface area (TPSA) is 104 Å². The number of carbonyl (C=O) groups excluding carboxylic acids is 1. The van der Waals surface area contributed by atoms with Crippen molar-refractivity contribution in [3.63, 3.8) is 0 Å². The SMILES string of the molecule is CCCNC(=O)c1cc(C(=O)O)cc(N(C)S(C)(=O)=O)c1. The third-order valence-electron chi connectivity index (χ3n) is 2.82. The Morgan fingerprint density at radius 2 is 1.81 bits per heavy atom. The molecule has 7 nitrogen and oxygen atoms in total. The van der Waals surface area contributed by atoms with Crippen LogP contribution in [0.2, 0.25) is 0 Å². The van der Waals surface area contributed by atoms with Crippen LogP contribution in [-0.2, 0) is 10.0 Å². The van der Waals surface area contributed by atoms with Gasteiger partial charge in [-0.3, -0.25) is 9.10 Å². The van der Waals surface area contributed by atoms with Gasteiger partial charge in [-0.2, -0.15) is 0 Å². The molecule has 0 saturated heterocycles. The molecule has 0 unspecified atom stereocenters. The third kappa shape index (κ3) is 4.45. The summed E-state index contributed by atoms with van der Waals surface area (Å²) in [6, 6.07) is 3.77. The smallest absolute Gasteiger partial charge is 0.335 e. The molecule has 0 radical (unpaired) electrons. The van der Waals surface area contributed by atoms with Crippen LogP contribution in [0, 0.1) is 0 Å². The van der Waals surface area contributed by atoms with Gasteiger partial charge in [-0.25, -0.2) is 13.2 Å². The zero-order chi connectivity index (χ0) is 16.2. The number of anilines is 1. The van der Waals surface area contributed by atoms with E-state index in [4.69, 9.17) is 5.11 Å². The normalized spacial score (nSPS) is 11.0. The molecule has 1 rings (SSSR count). The number of rotatable bonds is 6. The number of hydrogen-bond donors (Lipinski definition) is 2. The van der Waals surface area contributed by atoms with Crippen molar-refractivity contribution in [3.05, 3.63) is 29.3 Å². The molecule has 0 aliphatic heterocycles. The van der Waals surface area contributed by atoms with Crippen LogP contribution in [-0.4, -0.2) is 45.2 Å². The van der Waals surface area contributed by atoms with Gasteiger partial charge in [-0.1, -0.05) is 6.92 Å². The van der Waals surface area contributed by atoms with Crippen LogP contribution >= 0.6 is 0 Å². The number of benzene rings is 1. The number of sulfonamides is 1. The fraction of sp³-hybridized carbons (Fsp3) is 0.385. The van der Waals surface area contributed by atoms with E-state index in [1.54, 1.807) is 0 Å². The maximum absolute atomic E-state index is 11.9. The largest absolute Gasteiger partial charge is 0.478 e. The highest BCUT2D eigenvalue weighted by Crippen LogP contribution is 2.20. The number of nitrogens with one attached hydrogen (secondary N) is 1. The summed E-state index contributed by atoms with van der Waals surface area (Å²) in [5.41, 5.74) is 0.0811. The molecule has 0 bridgehead atoms. The van der Waals surface area contributed by atoms with Gasteiger partial charge in [-0.15, -0.1) is 0 Å². The van der Waals surface area contributed by atoms with E-state index in [1.807, 2.05) is 6.92 Å². The number of hydrogen-bond acceptors (Lipinski definition) is 4. The molecular formula is C13H18N2O5S. The van der Waals surface area contributed by atoms with Gasteiger partial charge in [0.25, 0.3) is 5.91 Å². The minimum Gasteiger partial charge on any atom is -0.478 e. The molecule has 0 aliphatic carbocycles. The van der Waals surface area contributed by atoms with Gasteiger partial charge in [0.15, 0.2) is 0 Å². The lowest BCUT2D eigenvalue weighted by molar-refractivity contribution is 0.0697. The van der Waals surface area contributed by atoms with E-state index in [-0.39, 0.29) is 16.8 Å². The first-order valence-electron chi connectivity index (χ1n) is 6.27. The van der Waals surface area contributed by atoms with Gasteiger partial charge in [0.2, 0.25) is 10.0 Å². The molecule has 1 aromatic rings. The van der Waals surface area contributed by atoms with Crippen molar-refractivity contribution in [3.8, 4) is 0 Å². The molecule has 8 heteroatoms. The summed E-state index contributed by atoms with van der Waals surface area (Å²) in [4.78, 5) is 23.0. The molecule has 0 aromatic heterocycles. The van der Waals surface area contributed by atoms with Crippen molar-refractivity contribution >= 4 is 27.6 Å². The van der Waals surface area contributed by atoms with E-state index < -0.39 is 21.9 Å². The second-order valence-electron chi connectivity index (χ2n) is 4.56. The molecule has 2 N–H and O–H groups in total. The molecule has 116 valence electrons. The van der Waals surface area contributed by atoms with Crippen LogP contribution in [0.4, 0.5) is 5.69 Å². The summed E-state index contributed by atoms with van der Waals surface area (Å²) >= 11 is 0. The quantitative estimate of drug-likeness (QED) is 0.812. The van der Waals surface area contributed by atoms with E-state index in [9.17, 15) is 18.0 Å². The summed E-state index contributed by atoms with van der Waals surface area (Å²) in [5, 5.41) is 11.7. The van der Waals surface area contributed by atoms with E-state index in [2.05, 4.69) is 5.32 Å². The lowest BCUT2D eigenvalue weighted by atomic mass is 10.1. The number of amides is 1. The standard InChI is InChI=1S/C13H18N2O5S/c1-4-5-14-12(16)9-6-10(13(17)18)8-11(7-9)15(2)21(3,19)20/h6-8H,4-5H2,1-3H3,(H,14,16)(H,17,18). The number of carbonyl (C=O) groups is 2. The highest BCUT2D eigenvalue weighted by atomic mass is 32.2. The van der Waals surface area contributed by atoms with E-state index in [0.717, 1.165) is 17.0 Å². The van der Waals surface area contributed by atoms with Gasteiger partial charge in [-0.05, 0) is 24.6 Å². The predicted octanol–water partition coefficient (Wildman–Crippen LogP) is 0.920. The molecule has 0 fully saturated rings. The van der Waals surface area contributed by atoms with E-state index in [1.165, 1.54) is 25.2 Å². The Balaban J connectivity index is 3.30. The zero-order valence-corrected chi connectivity index (χ0v) is 12.9. The number of carboxylic acids is 1. The Labute approximate surface area is 123 Å². The number of nitrogens with zero attached hydrogens (tertiary/aromatic N) is 1. The van der Waals surface area contributed by atoms with Crippen molar-refractivity contribution in [2.75, 3.05) is 24.2 Å².